The Morgan fingerprint density at radius 3 is 2.41 bits per heavy atom. The van der Waals surface area contributed by atoms with Gasteiger partial charge in [0.2, 0.25) is 0 Å². The Bertz CT molecular complexity index is 1250. The molecule has 0 aromatic heterocycles. The molecule has 0 saturated carbocycles. The third-order valence-electron chi connectivity index (χ3n) is 7.29. The Labute approximate surface area is 198 Å². The molecule has 5 heteroatoms. The Kier molecular flexibility index (Phi) is 5.22. The summed E-state index contributed by atoms with van der Waals surface area (Å²) in [6, 6.07) is 21.2. The molecule has 1 saturated heterocycles. The zero-order valence-corrected chi connectivity index (χ0v) is 19.0. The fourth-order valence-corrected chi connectivity index (χ4v) is 5.69. The summed E-state index contributed by atoms with van der Waals surface area (Å²) in [6.45, 7) is 3.15. The van der Waals surface area contributed by atoms with Crippen LogP contribution in [0.2, 0.25) is 0 Å². The summed E-state index contributed by atoms with van der Waals surface area (Å²) in [7, 11) is 0. The Hall–Kier alpha value is -3.44. The van der Waals surface area contributed by atoms with Crippen LogP contribution in [0.1, 0.15) is 34.6 Å². The summed E-state index contributed by atoms with van der Waals surface area (Å²) in [4.78, 5) is 15.1. The molecule has 172 valence electrons. The highest BCUT2D eigenvalue weighted by molar-refractivity contribution is 5.79. The van der Waals surface area contributed by atoms with Crippen LogP contribution in [-0.2, 0) is 9.47 Å². The Morgan fingerprint density at radius 2 is 1.71 bits per heavy atom. The largest absolute Gasteiger partial charge is 0.448 e. The molecule has 4 nitrogen and oxygen atoms in total. The van der Waals surface area contributed by atoms with Crippen molar-refractivity contribution in [2.24, 2.45) is 0 Å². The van der Waals surface area contributed by atoms with E-state index in [1.807, 2.05) is 42.2 Å². The Morgan fingerprint density at radius 1 is 1.00 bits per heavy atom. The summed E-state index contributed by atoms with van der Waals surface area (Å²) in [6.07, 6.45) is 2.34. The minimum Gasteiger partial charge on any atom is -0.448 e. The van der Waals surface area contributed by atoms with Crippen LogP contribution in [0.15, 0.2) is 72.8 Å². The van der Waals surface area contributed by atoms with Gasteiger partial charge in [-0.15, -0.1) is 0 Å². The number of fused-ring (bicyclic) bond motifs is 5. The van der Waals surface area contributed by atoms with Crippen molar-refractivity contribution in [1.82, 2.24) is 4.90 Å². The summed E-state index contributed by atoms with van der Waals surface area (Å²) in [5.41, 5.74) is 7.81. The number of aryl methyl sites for hydroxylation is 1. The monoisotopic (exact) mass is 455 g/mol. The fraction of sp³-hybridized carbons (Fsp3) is 0.276. The first-order valence-electron chi connectivity index (χ1n) is 11.8. The van der Waals surface area contributed by atoms with Gasteiger partial charge < -0.3 is 9.47 Å². The van der Waals surface area contributed by atoms with Gasteiger partial charge in [-0.25, -0.2) is 9.18 Å². The number of halogens is 1. The maximum Gasteiger partial charge on any atom is 0.410 e. The van der Waals surface area contributed by atoms with Crippen molar-refractivity contribution >= 4 is 11.7 Å². The van der Waals surface area contributed by atoms with E-state index in [4.69, 9.17) is 9.47 Å². The topological polar surface area (TPSA) is 38.8 Å². The highest BCUT2D eigenvalue weighted by Gasteiger charge is 2.40. The average molecular weight is 456 g/mol. The van der Waals surface area contributed by atoms with Crippen LogP contribution in [0.5, 0.6) is 0 Å². The van der Waals surface area contributed by atoms with Crippen LogP contribution < -0.4 is 0 Å². The maximum absolute atomic E-state index is 13.9. The van der Waals surface area contributed by atoms with Gasteiger partial charge in [0.1, 0.15) is 12.4 Å². The summed E-state index contributed by atoms with van der Waals surface area (Å²) in [5.74, 6) is -0.222. The highest BCUT2D eigenvalue weighted by Crippen LogP contribution is 2.44. The van der Waals surface area contributed by atoms with E-state index in [0.717, 1.165) is 16.7 Å². The molecule has 0 radical (unpaired) electrons. The average Bonchev–Trinajstić information content (AvgIpc) is 3.17. The van der Waals surface area contributed by atoms with Gasteiger partial charge in [0.05, 0.1) is 25.3 Å². The van der Waals surface area contributed by atoms with E-state index in [1.54, 1.807) is 12.1 Å². The summed E-state index contributed by atoms with van der Waals surface area (Å²) >= 11 is 0. The molecule has 2 heterocycles. The van der Waals surface area contributed by atoms with Gasteiger partial charge in [-0.3, -0.25) is 4.90 Å². The molecule has 0 N–H and O–H groups in total. The van der Waals surface area contributed by atoms with Crippen molar-refractivity contribution in [3.8, 4) is 11.1 Å². The first kappa shape index (κ1) is 21.1. The molecule has 6 rings (SSSR count). The van der Waals surface area contributed by atoms with Crippen molar-refractivity contribution < 1.29 is 18.7 Å². The van der Waals surface area contributed by atoms with Crippen molar-refractivity contribution in [2.75, 3.05) is 19.8 Å². The van der Waals surface area contributed by atoms with E-state index in [9.17, 15) is 9.18 Å². The zero-order valence-electron chi connectivity index (χ0n) is 19.0. The second-order valence-corrected chi connectivity index (χ2v) is 9.33. The molecular formula is C29H26FNO3. The van der Waals surface area contributed by atoms with Gasteiger partial charge in [0, 0.05) is 5.92 Å². The number of hydrogen-bond acceptors (Lipinski definition) is 3. The Balaban J connectivity index is 1.23. The number of amides is 1. The van der Waals surface area contributed by atoms with E-state index >= 15 is 0 Å². The second-order valence-electron chi connectivity index (χ2n) is 9.33. The van der Waals surface area contributed by atoms with Crippen LogP contribution in [-0.4, -0.2) is 42.9 Å². The number of nitrogens with zero attached hydrogens (tertiary/aromatic N) is 1. The van der Waals surface area contributed by atoms with Crippen LogP contribution in [0.4, 0.5) is 9.18 Å². The third-order valence-corrected chi connectivity index (χ3v) is 7.29. The lowest BCUT2D eigenvalue weighted by Crippen LogP contribution is -2.56. The molecule has 2 aliphatic heterocycles. The van der Waals surface area contributed by atoms with Crippen LogP contribution >= 0.6 is 0 Å². The van der Waals surface area contributed by atoms with Gasteiger partial charge in [-0.1, -0.05) is 60.7 Å². The number of benzene rings is 3. The smallest absolute Gasteiger partial charge is 0.410 e. The quantitative estimate of drug-likeness (QED) is 0.491. The van der Waals surface area contributed by atoms with Crippen molar-refractivity contribution in [1.29, 1.82) is 0 Å². The lowest BCUT2D eigenvalue weighted by Gasteiger charge is -2.44. The molecule has 2 unspecified atom stereocenters. The number of hydrogen-bond donors (Lipinski definition) is 0. The predicted molar refractivity (Wildman–Crippen MR) is 129 cm³/mol. The number of morpholine rings is 1. The van der Waals surface area contributed by atoms with Gasteiger partial charge >= 0.3 is 6.09 Å². The minimum atomic E-state index is -0.313. The molecule has 1 amide bonds. The van der Waals surface area contributed by atoms with Crippen molar-refractivity contribution in [2.45, 2.75) is 31.3 Å². The summed E-state index contributed by atoms with van der Waals surface area (Å²) < 4.78 is 25.6. The van der Waals surface area contributed by atoms with E-state index in [-0.39, 0.29) is 29.9 Å². The SMILES string of the molecule is Cc1ccc(F)cc1C1=CC2COCC(C1)N2C(=O)OCC1c2ccccc2-c2ccccc21. The summed E-state index contributed by atoms with van der Waals surface area (Å²) in [5, 5.41) is 0. The molecule has 1 aliphatic carbocycles. The first-order chi connectivity index (χ1) is 16.6. The number of carbonyl (C=O) groups excluding carboxylic acids is 1. The maximum atomic E-state index is 13.9. The standard InChI is InChI=1S/C29H26FNO3/c1-18-10-11-20(30)14-27(18)19-12-21-15-33-16-22(13-19)31(21)29(32)34-17-28-25-8-4-2-6-23(25)24-7-3-5-9-26(24)28/h2-12,14,21-22,28H,13,15-17H2,1H3. The number of ether oxygens (including phenoxy) is 2. The van der Waals surface area contributed by atoms with Crippen molar-refractivity contribution in [3.05, 3.63) is 101 Å². The van der Waals surface area contributed by atoms with Crippen LogP contribution in [0.3, 0.4) is 0 Å². The van der Waals surface area contributed by atoms with Gasteiger partial charge in [0.25, 0.3) is 0 Å². The third kappa shape index (κ3) is 3.51. The molecule has 2 bridgehead atoms. The fourth-order valence-electron chi connectivity index (χ4n) is 5.69. The minimum absolute atomic E-state index is 0.0262. The molecule has 3 aromatic carbocycles. The molecule has 3 aromatic rings. The van der Waals surface area contributed by atoms with Gasteiger partial charge in [0.15, 0.2) is 0 Å². The van der Waals surface area contributed by atoms with E-state index in [0.29, 0.717) is 26.2 Å². The number of carbonyl (C=O) groups is 1. The van der Waals surface area contributed by atoms with E-state index < -0.39 is 0 Å². The van der Waals surface area contributed by atoms with E-state index in [2.05, 4.69) is 24.3 Å². The molecule has 34 heavy (non-hydrogen) atoms. The zero-order chi connectivity index (χ0) is 23.2. The van der Waals surface area contributed by atoms with E-state index in [1.165, 1.54) is 28.3 Å². The first-order valence-corrected chi connectivity index (χ1v) is 11.8. The lowest BCUT2D eigenvalue weighted by atomic mass is 9.88. The van der Waals surface area contributed by atoms with Crippen molar-refractivity contribution in [3.63, 3.8) is 0 Å². The molecule has 3 aliphatic rings. The molecular weight excluding hydrogens is 429 g/mol. The van der Waals surface area contributed by atoms with Gasteiger partial charge in [-0.2, -0.15) is 0 Å². The van der Waals surface area contributed by atoms with Crippen LogP contribution in [0, 0.1) is 12.7 Å². The van der Waals surface area contributed by atoms with Gasteiger partial charge in [-0.05, 0) is 64.4 Å². The second kappa shape index (κ2) is 8.41. The highest BCUT2D eigenvalue weighted by atomic mass is 19.1. The predicted octanol–water partition coefficient (Wildman–Crippen LogP) is 5.94. The normalized spacial score (nSPS) is 21.0. The molecule has 1 fully saturated rings. The van der Waals surface area contributed by atoms with Crippen LogP contribution in [0.25, 0.3) is 16.7 Å². The molecule has 2 atom stereocenters. The molecule has 0 spiro atoms. The lowest BCUT2D eigenvalue weighted by molar-refractivity contribution is -0.0331. The number of rotatable bonds is 3.